The molecule has 17 heavy (non-hydrogen) atoms. The summed E-state index contributed by atoms with van der Waals surface area (Å²) >= 11 is 0. The number of rotatable bonds is 6. The molecule has 0 saturated heterocycles. The molecule has 1 atom stereocenters. The van der Waals surface area contributed by atoms with Crippen molar-refractivity contribution in [1.82, 2.24) is 0 Å². The summed E-state index contributed by atoms with van der Waals surface area (Å²) in [6, 6.07) is 8.27. The lowest BCUT2D eigenvalue weighted by Crippen LogP contribution is -2.05. The highest BCUT2D eigenvalue weighted by molar-refractivity contribution is 5.28. The van der Waals surface area contributed by atoms with E-state index in [1.807, 2.05) is 39.0 Å². The molecule has 0 amide bonds. The van der Waals surface area contributed by atoms with Crippen LogP contribution in [0, 0.1) is 0 Å². The van der Waals surface area contributed by atoms with E-state index in [0.717, 1.165) is 6.42 Å². The van der Waals surface area contributed by atoms with Gasteiger partial charge in [0, 0.05) is 0 Å². The fourth-order valence-corrected chi connectivity index (χ4v) is 1.34. The minimum Gasteiger partial charge on any atom is -0.370 e. The quantitative estimate of drug-likeness (QED) is 0.655. The Morgan fingerprint density at radius 3 is 2.29 bits per heavy atom. The third-order valence-electron chi connectivity index (χ3n) is 2.32. The van der Waals surface area contributed by atoms with Crippen LogP contribution in [-0.2, 0) is 17.8 Å². The second-order valence-corrected chi connectivity index (χ2v) is 3.51. The molecule has 1 heteroatoms. The topological polar surface area (TPSA) is 9.23 Å². The number of allylic oxidation sites excluding steroid dienone is 1. The molecule has 0 spiro atoms. The van der Waals surface area contributed by atoms with Crippen molar-refractivity contribution < 1.29 is 4.74 Å². The fourth-order valence-electron chi connectivity index (χ4n) is 1.34. The smallest absolute Gasteiger partial charge is 0.0729 e. The molecule has 94 valence electrons. The highest BCUT2D eigenvalue weighted by Gasteiger charge is 2.02. The van der Waals surface area contributed by atoms with E-state index in [9.17, 15) is 0 Å². The number of hydrogen-bond donors (Lipinski definition) is 0. The van der Waals surface area contributed by atoms with Crippen LogP contribution in [-0.4, -0.2) is 6.10 Å². The Morgan fingerprint density at radius 2 is 1.76 bits per heavy atom. The van der Waals surface area contributed by atoms with E-state index in [1.54, 1.807) is 6.08 Å². The Labute approximate surface area is 106 Å². The third kappa shape index (κ3) is 6.08. The van der Waals surface area contributed by atoms with Gasteiger partial charge in [-0.3, -0.25) is 0 Å². The first-order chi connectivity index (χ1) is 8.27. The van der Waals surface area contributed by atoms with Crippen LogP contribution >= 0.6 is 0 Å². The number of hydrogen-bond acceptors (Lipinski definition) is 1. The average molecular weight is 232 g/mol. The van der Waals surface area contributed by atoms with Crippen LogP contribution in [0.1, 0.15) is 31.9 Å². The van der Waals surface area contributed by atoms with Gasteiger partial charge in [0.05, 0.1) is 12.7 Å². The van der Waals surface area contributed by atoms with Crippen molar-refractivity contribution in [2.75, 3.05) is 0 Å². The largest absolute Gasteiger partial charge is 0.370 e. The van der Waals surface area contributed by atoms with Crippen molar-refractivity contribution in [2.45, 2.75) is 39.9 Å². The Morgan fingerprint density at radius 1 is 1.18 bits per heavy atom. The summed E-state index contributed by atoms with van der Waals surface area (Å²) in [4.78, 5) is 0. The van der Waals surface area contributed by atoms with Crippen molar-refractivity contribution in [1.29, 1.82) is 0 Å². The van der Waals surface area contributed by atoms with Crippen LogP contribution < -0.4 is 0 Å². The van der Waals surface area contributed by atoms with E-state index < -0.39 is 0 Å². The van der Waals surface area contributed by atoms with Gasteiger partial charge in [-0.2, -0.15) is 0 Å². The van der Waals surface area contributed by atoms with Crippen LogP contribution in [0.25, 0.3) is 0 Å². The summed E-state index contributed by atoms with van der Waals surface area (Å²) in [6.45, 7) is 14.1. The molecule has 0 radical (unpaired) electrons. The van der Waals surface area contributed by atoms with Crippen LogP contribution in [0.4, 0.5) is 0 Å². The first-order valence-electron chi connectivity index (χ1n) is 6.19. The molecule has 0 heterocycles. The molecular weight excluding hydrogens is 208 g/mol. The van der Waals surface area contributed by atoms with Gasteiger partial charge in [-0.15, -0.1) is 13.2 Å². The number of ether oxygens (including phenoxy) is 1. The van der Waals surface area contributed by atoms with Crippen LogP contribution in [0.5, 0.6) is 0 Å². The first kappa shape index (κ1) is 15.7. The van der Waals surface area contributed by atoms with Crippen molar-refractivity contribution in [3.05, 3.63) is 60.7 Å². The summed E-state index contributed by atoms with van der Waals surface area (Å²) in [5, 5.41) is 0. The summed E-state index contributed by atoms with van der Waals surface area (Å²) in [5.74, 6) is 0. The van der Waals surface area contributed by atoms with Gasteiger partial charge in [0.15, 0.2) is 0 Å². The zero-order valence-electron chi connectivity index (χ0n) is 11.3. The normalized spacial score (nSPS) is 11.0. The zero-order valence-corrected chi connectivity index (χ0v) is 11.3. The average Bonchev–Trinajstić information content (AvgIpc) is 2.40. The second-order valence-electron chi connectivity index (χ2n) is 3.51. The Kier molecular flexibility index (Phi) is 9.08. The zero-order chi connectivity index (χ0) is 13.1. The lowest BCUT2D eigenvalue weighted by Gasteiger charge is -2.11. The molecule has 1 unspecified atom stereocenters. The molecule has 0 aliphatic rings. The highest BCUT2D eigenvalue weighted by Crippen LogP contribution is 2.12. The molecule has 0 saturated carbocycles. The fraction of sp³-hybridized carbons (Fsp3) is 0.375. The summed E-state index contributed by atoms with van der Waals surface area (Å²) in [5.41, 5.74) is 2.51. The van der Waals surface area contributed by atoms with Crippen molar-refractivity contribution in [3.8, 4) is 0 Å². The van der Waals surface area contributed by atoms with Gasteiger partial charge < -0.3 is 4.74 Å². The van der Waals surface area contributed by atoms with Gasteiger partial charge >= 0.3 is 0 Å². The van der Waals surface area contributed by atoms with Gasteiger partial charge in [0.25, 0.3) is 0 Å². The van der Waals surface area contributed by atoms with Crippen molar-refractivity contribution in [2.24, 2.45) is 0 Å². The van der Waals surface area contributed by atoms with Gasteiger partial charge in [-0.05, 0) is 24.5 Å². The molecule has 0 aliphatic carbocycles. The Bertz CT molecular complexity index is 328. The monoisotopic (exact) mass is 232 g/mol. The maximum absolute atomic E-state index is 5.61. The molecule has 0 bridgehead atoms. The van der Waals surface area contributed by atoms with Gasteiger partial charge in [0.2, 0.25) is 0 Å². The molecule has 1 aromatic carbocycles. The third-order valence-corrected chi connectivity index (χ3v) is 2.32. The lowest BCUT2D eigenvalue weighted by molar-refractivity contribution is 0.0839. The van der Waals surface area contributed by atoms with E-state index in [4.69, 9.17) is 4.74 Å². The molecule has 1 rings (SSSR count). The highest BCUT2D eigenvalue weighted by atomic mass is 16.5. The Hall–Kier alpha value is -1.34. The molecule has 1 nitrogen and oxygen atoms in total. The molecule has 0 N–H and O–H groups in total. The molecular formula is C16H24O. The van der Waals surface area contributed by atoms with Gasteiger partial charge in [-0.25, -0.2) is 0 Å². The molecule has 0 fully saturated rings. The first-order valence-corrected chi connectivity index (χ1v) is 6.19. The van der Waals surface area contributed by atoms with Crippen molar-refractivity contribution >= 4 is 0 Å². The predicted molar refractivity (Wildman–Crippen MR) is 76.1 cm³/mol. The molecule has 0 aliphatic heterocycles. The molecule has 1 aromatic rings. The van der Waals surface area contributed by atoms with E-state index in [2.05, 4.69) is 25.3 Å². The van der Waals surface area contributed by atoms with Crippen LogP contribution in [0.15, 0.2) is 49.6 Å². The second kappa shape index (κ2) is 9.86. The summed E-state index contributed by atoms with van der Waals surface area (Å²) in [6.07, 6.45) is 4.70. The van der Waals surface area contributed by atoms with E-state index >= 15 is 0 Å². The van der Waals surface area contributed by atoms with Gasteiger partial charge in [-0.1, -0.05) is 50.3 Å². The SMILES string of the molecule is C=CCc1ccccc1COC(C)C=C.CC. The Balaban J connectivity index is 0.00000121. The van der Waals surface area contributed by atoms with Crippen LogP contribution in [0.2, 0.25) is 0 Å². The summed E-state index contributed by atoms with van der Waals surface area (Å²) < 4.78 is 5.61. The van der Waals surface area contributed by atoms with Crippen LogP contribution in [0.3, 0.4) is 0 Å². The van der Waals surface area contributed by atoms with E-state index in [1.165, 1.54) is 11.1 Å². The maximum Gasteiger partial charge on any atom is 0.0729 e. The van der Waals surface area contributed by atoms with E-state index in [0.29, 0.717) is 6.61 Å². The maximum atomic E-state index is 5.61. The van der Waals surface area contributed by atoms with E-state index in [-0.39, 0.29) is 6.10 Å². The standard InChI is InChI=1S/C14H18O.C2H6/c1-4-8-13-9-6-7-10-14(13)11-15-12(3)5-2;1-2/h4-7,9-10,12H,1-2,8,11H2,3H3;1-2H3. The molecule has 0 aromatic heterocycles. The minimum absolute atomic E-state index is 0.0989. The summed E-state index contributed by atoms with van der Waals surface area (Å²) in [7, 11) is 0. The van der Waals surface area contributed by atoms with Crippen molar-refractivity contribution in [3.63, 3.8) is 0 Å². The predicted octanol–water partition coefficient (Wildman–Crippen LogP) is 4.53. The lowest BCUT2D eigenvalue weighted by atomic mass is 10.1. The number of benzene rings is 1. The van der Waals surface area contributed by atoms with Gasteiger partial charge in [0.1, 0.15) is 0 Å². The minimum atomic E-state index is 0.0989.